The number of nitrogens with one attached hydrogen (secondary N) is 1. The predicted molar refractivity (Wildman–Crippen MR) is 81.7 cm³/mol. The van der Waals surface area contributed by atoms with E-state index in [2.05, 4.69) is 9.97 Å². The zero-order valence-corrected chi connectivity index (χ0v) is 12.4. The maximum absolute atomic E-state index is 13.4. The van der Waals surface area contributed by atoms with Crippen LogP contribution in [0.2, 0.25) is 0 Å². The van der Waals surface area contributed by atoms with Crippen LogP contribution in [0.1, 0.15) is 18.5 Å². The van der Waals surface area contributed by atoms with Gasteiger partial charge in [0.2, 0.25) is 5.88 Å². The van der Waals surface area contributed by atoms with E-state index in [9.17, 15) is 4.39 Å². The smallest absolute Gasteiger partial charge is 0.215 e. The summed E-state index contributed by atoms with van der Waals surface area (Å²) in [5.74, 6) is 0.243. The number of methoxy groups -OCH3 is 1. The van der Waals surface area contributed by atoms with Gasteiger partial charge in [0, 0.05) is 6.07 Å². The molecule has 0 bridgehead atoms. The number of pyridine rings is 1. The van der Waals surface area contributed by atoms with Crippen LogP contribution < -0.4 is 4.74 Å². The summed E-state index contributed by atoms with van der Waals surface area (Å²) in [6.45, 7) is 1.96. The van der Waals surface area contributed by atoms with E-state index in [1.807, 2.05) is 23.6 Å². The Balaban J connectivity index is 2.19. The van der Waals surface area contributed by atoms with Crippen molar-refractivity contribution in [3.8, 4) is 5.88 Å². The number of fused-ring (bicyclic) bond motifs is 1. The zero-order valence-electron chi connectivity index (χ0n) is 11.6. The van der Waals surface area contributed by atoms with Gasteiger partial charge in [-0.2, -0.15) is 4.98 Å². The molecule has 1 atom stereocenters. The first kappa shape index (κ1) is 13.8. The van der Waals surface area contributed by atoms with Gasteiger partial charge >= 0.3 is 0 Å². The fraction of sp³-hybridized carbons (Fsp3) is 0.200. The lowest BCUT2D eigenvalue weighted by molar-refractivity contribution is 0.398. The summed E-state index contributed by atoms with van der Waals surface area (Å²) in [5, 5.41) is 0. The summed E-state index contributed by atoms with van der Waals surface area (Å²) in [5.41, 5.74) is 2.34. The van der Waals surface area contributed by atoms with Gasteiger partial charge in [-0.3, -0.25) is 4.57 Å². The van der Waals surface area contributed by atoms with Crippen LogP contribution in [0.5, 0.6) is 5.88 Å². The maximum atomic E-state index is 13.4. The van der Waals surface area contributed by atoms with Gasteiger partial charge in [-0.15, -0.1) is 0 Å². The first-order valence-electron chi connectivity index (χ1n) is 6.51. The lowest BCUT2D eigenvalue weighted by Gasteiger charge is -2.14. The molecule has 4 nitrogen and oxygen atoms in total. The van der Waals surface area contributed by atoms with E-state index in [4.69, 9.17) is 17.0 Å². The molecule has 0 fully saturated rings. The Bertz CT molecular complexity index is 855. The second-order valence-corrected chi connectivity index (χ2v) is 5.14. The van der Waals surface area contributed by atoms with Crippen LogP contribution in [-0.2, 0) is 0 Å². The largest absolute Gasteiger partial charge is 0.481 e. The van der Waals surface area contributed by atoms with Crippen molar-refractivity contribution < 1.29 is 9.13 Å². The summed E-state index contributed by atoms with van der Waals surface area (Å²) in [6.07, 6.45) is 0. The van der Waals surface area contributed by atoms with Crippen molar-refractivity contribution in [3.63, 3.8) is 0 Å². The van der Waals surface area contributed by atoms with Gasteiger partial charge < -0.3 is 9.72 Å². The predicted octanol–water partition coefficient (Wildman–Crippen LogP) is 3.85. The van der Waals surface area contributed by atoms with E-state index in [-0.39, 0.29) is 11.9 Å². The van der Waals surface area contributed by atoms with E-state index in [0.717, 1.165) is 11.1 Å². The average molecular weight is 303 g/mol. The van der Waals surface area contributed by atoms with Gasteiger partial charge in [-0.1, -0.05) is 12.1 Å². The highest BCUT2D eigenvalue weighted by atomic mass is 32.1. The molecule has 3 aromatic rings. The van der Waals surface area contributed by atoms with Gasteiger partial charge in [-0.25, -0.2) is 4.39 Å². The number of hydrogen-bond acceptors (Lipinski definition) is 3. The van der Waals surface area contributed by atoms with Gasteiger partial charge in [0.15, 0.2) is 10.4 Å². The first-order valence-corrected chi connectivity index (χ1v) is 6.91. The molecule has 0 saturated heterocycles. The molecule has 0 radical (unpaired) electrons. The topological polar surface area (TPSA) is 42.8 Å². The van der Waals surface area contributed by atoms with Crippen molar-refractivity contribution in [3.05, 3.63) is 52.5 Å². The molecule has 1 aromatic carbocycles. The SMILES string of the molecule is COc1ccc2[nH]c(=S)n(C(C)c3cccc(F)c3)c2n1. The van der Waals surface area contributed by atoms with Crippen LogP contribution in [0.3, 0.4) is 0 Å². The molecule has 0 aliphatic carbocycles. The van der Waals surface area contributed by atoms with Gasteiger partial charge in [0.05, 0.1) is 18.7 Å². The van der Waals surface area contributed by atoms with Crippen LogP contribution in [0, 0.1) is 10.6 Å². The second-order valence-electron chi connectivity index (χ2n) is 4.76. The quantitative estimate of drug-likeness (QED) is 0.747. The van der Waals surface area contributed by atoms with Gasteiger partial charge in [0.1, 0.15) is 5.82 Å². The van der Waals surface area contributed by atoms with Crippen molar-refractivity contribution in [1.29, 1.82) is 0 Å². The lowest BCUT2D eigenvalue weighted by Crippen LogP contribution is -2.08. The van der Waals surface area contributed by atoms with Crippen molar-refractivity contribution in [2.75, 3.05) is 7.11 Å². The lowest BCUT2D eigenvalue weighted by atomic mass is 10.1. The Kier molecular flexibility index (Phi) is 3.47. The van der Waals surface area contributed by atoms with Gasteiger partial charge in [-0.05, 0) is 42.9 Å². The number of nitrogens with zero attached hydrogens (tertiary/aromatic N) is 2. The molecule has 0 aliphatic heterocycles. The Morgan fingerprint density at radius 1 is 1.33 bits per heavy atom. The summed E-state index contributed by atoms with van der Waals surface area (Å²) >= 11 is 5.37. The maximum Gasteiger partial charge on any atom is 0.215 e. The average Bonchev–Trinajstić information content (AvgIpc) is 2.81. The third-order valence-electron chi connectivity index (χ3n) is 3.47. The monoisotopic (exact) mass is 303 g/mol. The third kappa shape index (κ3) is 2.42. The Labute approximate surface area is 126 Å². The summed E-state index contributed by atoms with van der Waals surface area (Å²) in [4.78, 5) is 7.54. The molecule has 2 heterocycles. The summed E-state index contributed by atoms with van der Waals surface area (Å²) < 4.78 is 21.0. The Hall–Kier alpha value is -2.21. The number of H-pyrrole nitrogens is 1. The third-order valence-corrected chi connectivity index (χ3v) is 3.76. The van der Waals surface area contributed by atoms with Crippen LogP contribution in [-0.4, -0.2) is 21.6 Å². The fourth-order valence-electron chi connectivity index (χ4n) is 2.37. The fourth-order valence-corrected chi connectivity index (χ4v) is 2.73. The minimum Gasteiger partial charge on any atom is -0.481 e. The molecule has 0 saturated carbocycles. The molecule has 0 amide bonds. The number of hydrogen-bond donors (Lipinski definition) is 1. The van der Waals surface area contributed by atoms with E-state index >= 15 is 0 Å². The number of aromatic amines is 1. The second kappa shape index (κ2) is 5.29. The Morgan fingerprint density at radius 2 is 2.14 bits per heavy atom. The highest BCUT2D eigenvalue weighted by Gasteiger charge is 2.15. The molecule has 0 spiro atoms. The summed E-state index contributed by atoms with van der Waals surface area (Å²) in [6, 6.07) is 9.98. The zero-order chi connectivity index (χ0) is 15.0. The first-order chi connectivity index (χ1) is 10.1. The van der Waals surface area contributed by atoms with E-state index in [0.29, 0.717) is 16.3 Å². The molecule has 3 rings (SSSR count). The highest BCUT2D eigenvalue weighted by molar-refractivity contribution is 7.71. The van der Waals surface area contributed by atoms with E-state index < -0.39 is 0 Å². The summed E-state index contributed by atoms with van der Waals surface area (Å²) in [7, 11) is 1.57. The van der Waals surface area contributed by atoms with Crippen LogP contribution in [0.4, 0.5) is 4.39 Å². The minimum absolute atomic E-state index is 0.137. The van der Waals surface area contributed by atoms with Crippen LogP contribution in [0.15, 0.2) is 36.4 Å². The number of rotatable bonds is 3. The van der Waals surface area contributed by atoms with Crippen LogP contribution in [0.25, 0.3) is 11.2 Å². The molecule has 108 valence electrons. The molecular weight excluding hydrogens is 289 g/mol. The number of aromatic nitrogens is 3. The molecule has 0 aliphatic rings. The molecule has 1 N–H and O–H groups in total. The molecule has 21 heavy (non-hydrogen) atoms. The number of halogens is 1. The molecule has 2 aromatic heterocycles. The van der Waals surface area contributed by atoms with Crippen LogP contribution >= 0.6 is 12.2 Å². The molecule has 6 heteroatoms. The molecular formula is C15H14FN3OS. The van der Waals surface area contributed by atoms with Crippen molar-refractivity contribution in [1.82, 2.24) is 14.5 Å². The highest BCUT2D eigenvalue weighted by Crippen LogP contribution is 2.25. The minimum atomic E-state index is -0.267. The standard InChI is InChI=1S/C15H14FN3OS/c1-9(10-4-3-5-11(16)8-10)19-14-12(17-15(19)21)6-7-13(18-14)20-2/h3-9H,1-2H3,(H,17,21). The van der Waals surface area contributed by atoms with E-state index in [1.54, 1.807) is 19.2 Å². The van der Waals surface area contributed by atoms with E-state index in [1.165, 1.54) is 12.1 Å². The van der Waals surface area contributed by atoms with Gasteiger partial charge in [0.25, 0.3) is 0 Å². The van der Waals surface area contributed by atoms with Crippen molar-refractivity contribution in [2.24, 2.45) is 0 Å². The normalized spacial score (nSPS) is 12.5. The van der Waals surface area contributed by atoms with Crippen molar-refractivity contribution in [2.45, 2.75) is 13.0 Å². The molecule has 1 unspecified atom stereocenters. The number of benzene rings is 1. The Morgan fingerprint density at radius 3 is 2.86 bits per heavy atom. The van der Waals surface area contributed by atoms with Crippen molar-refractivity contribution >= 4 is 23.4 Å². The number of imidazole rings is 1. The number of ether oxygens (including phenoxy) is 1.